The van der Waals surface area contributed by atoms with Crippen LogP contribution in [0, 0.1) is 0 Å². The van der Waals surface area contributed by atoms with Crippen molar-refractivity contribution in [3.8, 4) is 0 Å². The number of para-hydroxylation sites is 1. The highest BCUT2D eigenvalue weighted by molar-refractivity contribution is 7.98. The van der Waals surface area contributed by atoms with Crippen LogP contribution >= 0.6 is 11.8 Å². The van der Waals surface area contributed by atoms with E-state index in [1.54, 1.807) is 18.0 Å². The van der Waals surface area contributed by atoms with E-state index in [9.17, 15) is 0 Å². The summed E-state index contributed by atoms with van der Waals surface area (Å²) in [6, 6.07) is 18.1. The Morgan fingerprint density at radius 1 is 1.05 bits per heavy atom. The molecule has 3 heteroatoms. The van der Waals surface area contributed by atoms with Gasteiger partial charge in [0, 0.05) is 10.3 Å². The van der Waals surface area contributed by atoms with E-state index in [1.807, 2.05) is 42.5 Å². The van der Waals surface area contributed by atoms with E-state index in [2.05, 4.69) is 23.4 Å². The third kappa shape index (κ3) is 2.71. The van der Waals surface area contributed by atoms with Crippen molar-refractivity contribution in [1.82, 2.24) is 0 Å². The average Bonchev–Trinajstić information content (AvgIpc) is 2.88. The minimum atomic E-state index is 0.773. The highest BCUT2D eigenvalue weighted by Crippen LogP contribution is 2.21. The molecule has 0 N–H and O–H groups in total. The Kier molecular flexibility index (Phi) is 3.38. The zero-order valence-corrected chi connectivity index (χ0v) is 11.4. The van der Waals surface area contributed by atoms with Crippen LogP contribution in [-0.2, 0) is 0 Å². The van der Waals surface area contributed by atoms with Crippen molar-refractivity contribution in [2.45, 2.75) is 4.90 Å². The van der Waals surface area contributed by atoms with Gasteiger partial charge in [0.25, 0.3) is 0 Å². The Balaban J connectivity index is 1.84. The Hall–Kier alpha value is -2.00. The Morgan fingerprint density at radius 2 is 1.84 bits per heavy atom. The average molecular weight is 267 g/mol. The van der Waals surface area contributed by atoms with Gasteiger partial charge in [0.1, 0.15) is 11.3 Å². The topological polar surface area (TPSA) is 25.5 Å². The first-order valence-electron chi connectivity index (χ1n) is 6.02. The number of benzene rings is 2. The molecule has 0 spiro atoms. The van der Waals surface area contributed by atoms with Gasteiger partial charge in [-0.3, -0.25) is 4.99 Å². The molecule has 0 bridgehead atoms. The monoisotopic (exact) mass is 267 g/mol. The van der Waals surface area contributed by atoms with Crippen LogP contribution in [0.15, 0.2) is 68.9 Å². The number of rotatable bonds is 3. The van der Waals surface area contributed by atoms with Gasteiger partial charge in [-0.2, -0.15) is 0 Å². The van der Waals surface area contributed by atoms with Crippen molar-refractivity contribution in [2.75, 3.05) is 6.26 Å². The number of fused-ring (bicyclic) bond motifs is 1. The predicted molar refractivity (Wildman–Crippen MR) is 81.7 cm³/mol. The van der Waals surface area contributed by atoms with Crippen molar-refractivity contribution in [1.29, 1.82) is 0 Å². The smallest absolute Gasteiger partial charge is 0.146 e. The van der Waals surface area contributed by atoms with Crippen LogP contribution in [0.5, 0.6) is 0 Å². The molecule has 3 rings (SSSR count). The van der Waals surface area contributed by atoms with Crippen LogP contribution in [0.4, 0.5) is 5.69 Å². The molecule has 0 amide bonds. The molecule has 94 valence electrons. The maximum atomic E-state index is 5.68. The standard InChI is InChI=1S/C16H13NOS/c1-19-15-8-6-13(7-9-15)17-11-14-10-12-4-2-3-5-16(12)18-14/h2-11H,1H3. The fourth-order valence-electron chi connectivity index (χ4n) is 1.87. The maximum Gasteiger partial charge on any atom is 0.146 e. The SMILES string of the molecule is CSc1ccc(N=Cc2cc3ccccc3o2)cc1. The number of aliphatic imine (C=N–C) groups is 1. The first kappa shape index (κ1) is 12.1. The van der Waals surface area contributed by atoms with E-state index >= 15 is 0 Å². The van der Waals surface area contributed by atoms with Gasteiger partial charge in [-0.25, -0.2) is 0 Å². The van der Waals surface area contributed by atoms with Crippen LogP contribution in [0.25, 0.3) is 11.0 Å². The predicted octanol–water partition coefficient (Wildman–Crippen LogP) is 4.91. The number of nitrogens with zero attached hydrogens (tertiary/aromatic N) is 1. The summed E-state index contributed by atoms with van der Waals surface area (Å²) in [5.74, 6) is 0.773. The molecular formula is C16H13NOS. The molecule has 0 saturated carbocycles. The fourth-order valence-corrected chi connectivity index (χ4v) is 2.28. The molecule has 0 fully saturated rings. The molecule has 1 heterocycles. The molecule has 2 nitrogen and oxygen atoms in total. The molecule has 0 aliphatic carbocycles. The molecule has 0 radical (unpaired) electrons. The highest BCUT2D eigenvalue weighted by atomic mass is 32.2. The second kappa shape index (κ2) is 5.33. The van der Waals surface area contributed by atoms with Crippen molar-refractivity contribution in [3.05, 3.63) is 60.4 Å². The largest absolute Gasteiger partial charge is 0.455 e. The summed E-state index contributed by atoms with van der Waals surface area (Å²) in [7, 11) is 0. The third-order valence-corrected chi connectivity index (χ3v) is 3.60. The van der Waals surface area contributed by atoms with Gasteiger partial charge >= 0.3 is 0 Å². The Morgan fingerprint density at radius 3 is 2.58 bits per heavy atom. The van der Waals surface area contributed by atoms with E-state index in [-0.39, 0.29) is 0 Å². The van der Waals surface area contributed by atoms with Crippen LogP contribution in [0.3, 0.4) is 0 Å². The number of hydrogen-bond donors (Lipinski definition) is 0. The van der Waals surface area contributed by atoms with Gasteiger partial charge in [-0.1, -0.05) is 18.2 Å². The van der Waals surface area contributed by atoms with Gasteiger partial charge < -0.3 is 4.42 Å². The van der Waals surface area contributed by atoms with E-state index < -0.39 is 0 Å². The molecule has 0 saturated heterocycles. The van der Waals surface area contributed by atoms with E-state index in [0.717, 1.165) is 22.4 Å². The minimum Gasteiger partial charge on any atom is -0.455 e. The minimum absolute atomic E-state index is 0.773. The lowest BCUT2D eigenvalue weighted by atomic mass is 10.2. The lowest BCUT2D eigenvalue weighted by Gasteiger charge is -1.95. The van der Waals surface area contributed by atoms with Crippen molar-refractivity contribution in [3.63, 3.8) is 0 Å². The van der Waals surface area contributed by atoms with Crippen LogP contribution in [0.1, 0.15) is 5.76 Å². The molecule has 0 aliphatic rings. The van der Waals surface area contributed by atoms with Gasteiger partial charge in [0.05, 0.1) is 11.9 Å². The zero-order chi connectivity index (χ0) is 13.1. The summed E-state index contributed by atoms with van der Waals surface area (Å²) < 4.78 is 5.68. The molecule has 19 heavy (non-hydrogen) atoms. The van der Waals surface area contributed by atoms with E-state index in [0.29, 0.717) is 0 Å². The summed E-state index contributed by atoms with van der Waals surface area (Å²) >= 11 is 1.72. The second-order valence-corrected chi connectivity index (χ2v) is 5.02. The Labute approximate surface area is 116 Å². The van der Waals surface area contributed by atoms with Gasteiger partial charge in [-0.15, -0.1) is 11.8 Å². The van der Waals surface area contributed by atoms with Gasteiger partial charge in [-0.05, 0) is 42.7 Å². The maximum absolute atomic E-state index is 5.68. The Bertz CT molecular complexity index is 680. The zero-order valence-electron chi connectivity index (χ0n) is 10.5. The summed E-state index contributed by atoms with van der Waals surface area (Å²) in [6.45, 7) is 0. The quantitative estimate of drug-likeness (QED) is 0.498. The molecule has 0 aliphatic heterocycles. The van der Waals surface area contributed by atoms with Crippen LogP contribution < -0.4 is 0 Å². The normalized spacial score (nSPS) is 11.4. The van der Waals surface area contributed by atoms with E-state index in [1.165, 1.54) is 4.90 Å². The summed E-state index contributed by atoms with van der Waals surface area (Å²) in [5, 5.41) is 1.10. The number of thioether (sulfide) groups is 1. The molecule has 0 atom stereocenters. The first-order valence-corrected chi connectivity index (χ1v) is 7.24. The van der Waals surface area contributed by atoms with Gasteiger partial charge in [0.15, 0.2) is 0 Å². The lowest BCUT2D eigenvalue weighted by Crippen LogP contribution is -1.74. The lowest BCUT2D eigenvalue weighted by molar-refractivity contribution is 0.608. The number of furan rings is 1. The molecule has 0 unspecified atom stereocenters. The highest BCUT2D eigenvalue weighted by Gasteiger charge is 1.99. The molecule has 1 aromatic heterocycles. The summed E-state index contributed by atoms with van der Waals surface area (Å²) in [6.07, 6.45) is 3.82. The summed E-state index contributed by atoms with van der Waals surface area (Å²) in [5.41, 5.74) is 1.82. The second-order valence-electron chi connectivity index (χ2n) is 4.14. The van der Waals surface area contributed by atoms with Crippen molar-refractivity contribution in [2.24, 2.45) is 4.99 Å². The van der Waals surface area contributed by atoms with E-state index in [4.69, 9.17) is 4.42 Å². The van der Waals surface area contributed by atoms with Gasteiger partial charge in [0.2, 0.25) is 0 Å². The first-order chi connectivity index (χ1) is 9.35. The molecular weight excluding hydrogens is 254 g/mol. The third-order valence-electron chi connectivity index (χ3n) is 2.86. The molecule has 2 aromatic carbocycles. The number of hydrogen-bond acceptors (Lipinski definition) is 3. The molecule has 3 aromatic rings. The van der Waals surface area contributed by atoms with Crippen molar-refractivity contribution < 1.29 is 4.42 Å². The van der Waals surface area contributed by atoms with Crippen LogP contribution in [-0.4, -0.2) is 12.5 Å². The fraction of sp³-hybridized carbons (Fsp3) is 0.0625. The summed E-state index contributed by atoms with van der Waals surface area (Å²) in [4.78, 5) is 5.66. The van der Waals surface area contributed by atoms with Crippen molar-refractivity contribution >= 4 is 34.6 Å². The van der Waals surface area contributed by atoms with Crippen LogP contribution in [0.2, 0.25) is 0 Å².